The summed E-state index contributed by atoms with van der Waals surface area (Å²) >= 11 is 0. The summed E-state index contributed by atoms with van der Waals surface area (Å²) < 4.78 is 10.8. The molecule has 7 heteroatoms. The van der Waals surface area contributed by atoms with E-state index >= 15 is 0 Å². The van der Waals surface area contributed by atoms with E-state index in [1.165, 1.54) is 0 Å². The number of hydrogen-bond acceptors (Lipinski definition) is 5. The Hall–Kier alpha value is -2.72. The largest absolute Gasteiger partial charge is 0.438 e. The standard InChI is InChI=1S/C21H25N3O4/c1-2-15-27-20(26)24-11-7-16(8-12-24)23-13-9-21(10-14-23)17-5-3-4-6-18(17)22-19(25)28-21/h1,3-6,16H,7-15H2,(H,22,25). The van der Waals surface area contributed by atoms with Gasteiger partial charge >= 0.3 is 12.2 Å². The third-order valence-corrected chi connectivity index (χ3v) is 6.07. The van der Waals surface area contributed by atoms with Crippen LogP contribution in [0.2, 0.25) is 0 Å². The highest BCUT2D eigenvalue weighted by Crippen LogP contribution is 2.43. The first kappa shape index (κ1) is 18.6. The lowest BCUT2D eigenvalue weighted by molar-refractivity contribution is -0.0503. The Morgan fingerprint density at radius 1 is 1.25 bits per heavy atom. The van der Waals surface area contributed by atoms with Gasteiger partial charge in [0.25, 0.3) is 0 Å². The van der Waals surface area contributed by atoms with Gasteiger partial charge in [-0.15, -0.1) is 6.42 Å². The zero-order chi connectivity index (χ0) is 19.6. The molecular weight excluding hydrogens is 358 g/mol. The number of nitrogens with zero attached hydrogens (tertiary/aromatic N) is 2. The highest BCUT2D eigenvalue weighted by Gasteiger charge is 2.45. The van der Waals surface area contributed by atoms with Crippen molar-refractivity contribution in [3.63, 3.8) is 0 Å². The Morgan fingerprint density at radius 2 is 1.96 bits per heavy atom. The lowest BCUT2D eigenvalue weighted by Gasteiger charge is -2.47. The van der Waals surface area contributed by atoms with Gasteiger partial charge in [0, 0.05) is 50.6 Å². The molecule has 4 rings (SSSR count). The fraction of sp³-hybridized carbons (Fsp3) is 0.524. The topological polar surface area (TPSA) is 71.1 Å². The summed E-state index contributed by atoms with van der Waals surface area (Å²) in [4.78, 5) is 28.2. The fourth-order valence-electron chi connectivity index (χ4n) is 4.59. The second kappa shape index (κ2) is 7.72. The van der Waals surface area contributed by atoms with Crippen LogP contribution in [0.25, 0.3) is 0 Å². The van der Waals surface area contributed by atoms with Crippen molar-refractivity contribution in [1.29, 1.82) is 0 Å². The number of para-hydroxylation sites is 1. The molecule has 2 amide bonds. The van der Waals surface area contributed by atoms with Crippen LogP contribution in [0.15, 0.2) is 24.3 Å². The minimum Gasteiger partial charge on any atom is -0.438 e. The molecule has 2 fully saturated rings. The van der Waals surface area contributed by atoms with Gasteiger partial charge < -0.3 is 14.4 Å². The van der Waals surface area contributed by atoms with Crippen molar-refractivity contribution >= 4 is 17.9 Å². The molecule has 0 saturated carbocycles. The van der Waals surface area contributed by atoms with E-state index in [1.807, 2.05) is 24.3 Å². The van der Waals surface area contributed by atoms with Gasteiger partial charge in [-0.05, 0) is 18.9 Å². The molecule has 28 heavy (non-hydrogen) atoms. The van der Waals surface area contributed by atoms with Gasteiger partial charge in [-0.1, -0.05) is 24.1 Å². The van der Waals surface area contributed by atoms with E-state index < -0.39 is 5.60 Å². The normalized spacial score (nSPS) is 22.0. The predicted molar refractivity (Wildman–Crippen MR) is 104 cm³/mol. The maximum Gasteiger partial charge on any atom is 0.412 e. The van der Waals surface area contributed by atoms with Gasteiger partial charge in [0.05, 0.1) is 5.69 Å². The fourth-order valence-corrected chi connectivity index (χ4v) is 4.59. The highest BCUT2D eigenvalue weighted by atomic mass is 16.6. The van der Waals surface area contributed by atoms with E-state index in [4.69, 9.17) is 15.9 Å². The van der Waals surface area contributed by atoms with Gasteiger partial charge in [-0.25, -0.2) is 9.59 Å². The molecular formula is C21H25N3O4. The second-order valence-corrected chi connectivity index (χ2v) is 7.57. The molecule has 0 bridgehead atoms. The van der Waals surface area contributed by atoms with E-state index in [0.717, 1.165) is 50.0 Å². The number of rotatable bonds is 2. The van der Waals surface area contributed by atoms with Crippen molar-refractivity contribution in [2.24, 2.45) is 0 Å². The number of anilines is 1. The molecule has 0 unspecified atom stereocenters. The Balaban J connectivity index is 1.35. The monoisotopic (exact) mass is 383 g/mol. The number of nitrogens with one attached hydrogen (secondary N) is 1. The molecule has 3 aliphatic rings. The Kier molecular flexibility index (Phi) is 5.14. The number of ether oxygens (including phenoxy) is 2. The summed E-state index contributed by atoms with van der Waals surface area (Å²) in [7, 11) is 0. The smallest absolute Gasteiger partial charge is 0.412 e. The first-order valence-corrected chi connectivity index (χ1v) is 9.80. The Bertz CT molecular complexity index is 787. The quantitative estimate of drug-likeness (QED) is 0.795. The van der Waals surface area contributed by atoms with Crippen LogP contribution in [-0.4, -0.2) is 60.8 Å². The van der Waals surface area contributed by atoms with Crippen LogP contribution in [0.1, 0.15) is 31.2 Å². The Morgan fingerprint density at radius 3 is 2.68 bits per heavy atom. The highest BCUT2D eigenvalue weighted by molar-refractivity contribution is 5.88. The molecule has 0 atom stereocenters. The molecule has 1 spiro atoms. The van der Waals surface area contributed by atoms with Crippen LogP contribution in [-0.2, 0) is 15.1 Å². The van der Waals surface area contributed by atoms with Gasteiger partial charge in [-0.3, -0.25) is 10.2 Å². The van der Waals surface area contributed by atoms with Crippen molar-refractivity contribution < 1.29 is 19.1 Å². The van der Waals surface area contributed by atoms with Gasteiger partial charge in [0.2, 0.25) is 0 Å². The van der Waals surface area contributed by atoms with Crippen LogP contribution in [0.5, 0.6) is 0 Å². The molecule has 7 nitrogen and oxygen atoms in total. The maximum atomic E-state index is 12.0. The second-order valence-electron chi connectivity index (χ2n) is 7.57. The number of fused-ring (bicyclic) bond motifs is 2. The SMILES string of the molecule is C#CCOC(=O)N1CCC(N2CCC3(CC2)OC(=O)Nc2ccccc23)CC1. The average molecular weight is 383 g/mol. The zero-order valence-corrected chi connectivity index (χ0v) is 15.9. The summed E-state index contributed by atoms with van der Waals surface area (Å²) in [6, 6.07) is 8.32. The number of piperidine rings is 2. The molecule has 148 valence electrons. The van der Waals surface area contributed by atoms with E-state index in [0.29, 0.717) is 19.1 Å². The summed E-state index contributed by atoms with van der Waals surface area (Å²) in [5.74, 6) is 2.32. The minimum atomic E-state index is -0.533. The van der Waals surface area contributed by atoms with Crippen molar-refractivity contribution in [2.75, 3.05) is 38.1 Å². The summed E-state index contributed by atoms with van der Waals surface area (Å²) in [5.41, 5.74) is 1.39. The predicted octanol–water partition coefficient (Wildman–Crippen LogP) is 2.77. The molecule has 3 heterocycles. The van der Waals surface area contributed by atoms with E-state index in [-0.39, 0.29) is 18.8 Å². The lowest BCUT2D eigenvalue weighted by Crippen LogP contribution is -2.53. The molecule has 1 aromatic carbocycles. The van der Waals surface area contributed by atoms with Crippen LogP contribution >= 0.6 is 0 Å². The molecule has 0 aliphatic carbocycles. The maximum absolute atomic E-state index is 12.0. The van der Waals surface area contributed by atoms with Crippen molar-refractivity contribution in [2.45, 2.75) is 37.3 Å². The van der Waals surface area contributed by atoms with Crippen molar-refractivity contribution in [1.82, 2.24) is 9.80 Å². The Labute approximate surface area is 165 Å². The van der Waals surface area contributed by atoms with Gasteiger partial charge in [0.15, 0.2) is 6.61 Å². The van der Waals surface area contributed by atoms with Crippen LogP contribution in [0, 0.1) is 12.3 Å². The van der Waals surface area contributed by atoms with Gasteiger partial charge in [0.1, 0.15) is 5.60 Å². The lowest BCUT2D eigenvalue weighted by atomic mass is 9.81. The van der Waals surface area contributed by atoms with E-state index in [2.05, 4.69) is 16.1 Å². The van der Waals surface area contributed by atoms with Crippen molar-refractivity contribution in [3.8, 4) is 12.3 Å². The van der Waals surface area contributed by atoms with E-state index in [9.17, 15) is 9.59 Å². The number of likely N-dealkylation sites (tertiary alicyclic amines) is 2. The molecule has 1 N–H and O–H groups in total. The number of terminal acetylenes is 1. The van der Waals surface area contributed by atoms with Crippen molar-refractivity contribution in [3.05, 3.63) is 29.8 Å². The van der Waals surface area contributed by atoms with Crippen LogP contribution < -0.4 is 5.32 Å². The number of carbonyl (C=O) groups excluding carboxylic acids is 2. The minimum absolute atomic E-state index is 0.0159. The van der Waals surface area contributed by atoms with E-state index in [1.54, 1.807) is 4.90 Å². The first-order chi connectivity index (χ1) is 13.6. The number of amides is 2. The number of benzene rings is 1. The van der Waals surface area contributed by atoms with Crippen LogP contribution in [0.4, 0.5) is 15.3 Å². The number of hydrogen-bond donors (Lipinski definition) is 1. The summed E-state index contributed by atoms with van der Waals surface area (Å²) in [6.07, 6.45) is 7.82. The molecule has 3 aliphatic heterocycles. The molecule has 0 aromatic heterocycles. The average Bonchev–Trinajstić information content (AvgIpc) is 2.72. The van der Waals surface area contributed by atoms with Gasteiger partial charge in [-0.2, -0.15) is 0 Å². The summed E-state index contributed by atoms with van der Waals surface area (Å²) in [5, 5.41) is 2.80. The summed E-state index contributed by atoms with van der Waals surface area (Å²) in [6.45, 7) is 3.11. The molecule has 0 radical (unpaired) electrons. The zero-order valence-electron chi connectivity index (χ0n) is 15.9. The van der Waals surface area contributed by atoms with Crippen LogP contribution in [0.3, 0.4) is 0 Å². The third kappa shape index (κ3) is 3.52. The first-order valence-electron chi connectivity index (χ1n) is 9.80. The molecule has 1 aromatic rings. The third-order valence-electron chi connectivity index (χ3n) is 6.07. The number of carbonyl (C=O) groups is 2. The molecule has 2 saturated heterocycles.